The Kier molecular flexibility index (Phi) is 8.42. The van der Waals surface area contributed by atoms with Crippen molar-refractivity contribution in [1.82, 2.24) is 20.2 Å². The summed E-state index contributed by atoms with van der Waals surface area (Å²) in [5.74, 6) is 3.60. The van der Waals surface area contributed by atoms with Gasteiger partial charge in [-0.05, 0) is 105 Å². The third-order valence-electron chi connectivity index (χ3n) is 10.4. The Bertz CT molecular complexity index is 1220. The van der Waals surface area contributed by atoms with Gasteiger partial charge in [0.15, 0.2) is 11.6 Å². The molecule has 7 nitrogen and oxygen atoms in total. The fourth-order valence-electron chi connectivity index (χ4n) is 8.69. The molecule has 5 fully saturated rings. The second-order valence-electron chi connectivity index (χ2n) is 13.5. The van der Waals surface area contributed by atoms with E-state index >= 15 is 0 Å². The van der Waals surface area contributed by atoms with Crippen molar-refractivity contribution >= 4 is 29.3 Å². The fraction of sp³-hybridized carbons (Fsp3) is 0.656. The molecule has 1 aromatic heterocycles. The van der Waals surface area contributed by atoms with E-state index in [0.717, 1.165) is 50.3 Å². The lowest BCUT2D eigenvalue weighted by atomic mass is 9.48. The van der Waals surface area contributed by atoms with Crippen molar-refractivity contribution in [2.45, 2.75) is 70.4 Å². The highest BCUT2D eigenvalue weighted by atomic mass is 35.5. The zero-order valence-electron chi connectivity index (χ0n) is 24.3. The monoisotopic (exact) mass is 582 g/mol. The summed E-state index contributed by atoms with van der Waals surface area (Å²) in [6.45, 7) is 2.31. The number of anilines is 2. The molecule has 5 atom stereocenters. The number of amides is 1. The summed E-state index contributed by atoms with van der Waals surface area (Å²) < 4.78 is 14.7. The van der Waals surface area contributed by atoms with Crippen LogP contribution < -0.4 is 16.0 Å². The molecule has 222 valence electrons. The molecule has 4 bridgehead atoms. The van der Waals surface area contributed by atoms with Crippen molar-refractivity contribution in [3.05, 3.63) is 46.9 Å². The zero-order valence-corrected chi connectivity index (χ0v) is 25.1. The first-order chi connectivity index (χ1) is 19.8. The molecular formula is C32H44ClFN6O. The van der Waals surface area contributed by atoms with Crippen LogP contribution >= 0.6 is 11.6 Å². The maximum atomic E-state index is 14.7. The second kappa shape index (κ2) is 12.0. The first-order valence-electron chi connectivity index (χ1n) is 15.5. The molecule has 0 radical (unpaired) electrons. The lowest BCUT2D eigenvalue weighted by Crippen LogP contribution is -2.60. The molecule has 5 aliphatic rings. The van der Waals surface area contributed by atoms with Crippen LogP contribution in [0.2, 0.25) is 5.02 Å². The van der Waals surface area contributed by atoms with Gasteiger partial charge in [-0.2, -0.15) is 4.98 Å². The maximum Gasteiger partial charge on any atom is 0.225 e. The van der Waals surface area contributed by atoms with Gasteiger partial charge in [-0.1, -0.05) is 29.8 Å². The van der Waals surface area contributed by atoms with E-state index < -0.39 is 5.82 Å². The molecule has 5 saturated carbocycles. The van der Waals surface area contributed by atoms with Crippen LogP contribution in [0.3, 0.4) is 0 Å². The van der Waals surface area contributed by atoms with Gasteiger partial charge >= 0.3 is 0 Å². The normalized spacial score (nSPS) is 32.1. The number of hydrogen-bond acceptors (Lipinski definition) is 6. The third-order valence-corrected chi connectivity index (χ3v) is 10.8. The molecule has 9 heteroatoms. The molecule has 5 aliphatic carbocycles. The van der Waals surface area contributed by atoms with E-state index in [2.05, 4.69) is 25.9 Å². The van der Waals surface area contributed by atoms with Crippen molar-refractivity contribution in [2.75, 3.05) is 37.8 Å². The van der Waals surface area contributed by atoms with E-state index in [1.54, 1.807) is 4.90 Å². The van der Waals surface area contributed by atoms with Gasteiger partial charge in [-0.25, -0.2) is 9.37 Å². The predicted molar refractivity (Wildman–Crippen MR) is 161 cm³/mol. The Morgan fingerprint density at radius 2 is 1.80 bits per heavy atom. The minimum absolute atomic E-state index is 0.210. The maximum absolute atomic E-state index is 14.7. The second-order valence-corrected chi connectivity index (χ2v) is 14.0. The fourth-order valence-corrected chi connectivity index (χ4v) is 8.89. The Labute approximate surface area is 248 Å². The number of rotatable bonds is 10. The number of carbonyl (C=O) groups excluding carboxylic acids is 1. The van der Waals surface area contributed by atoms with Crippen LogP contribution in [0.15, 0.2) is 30.5 Å². The van der Waals surface area contributed by atoms with Crippen molar-refractivity contribution in [1.29, 1.82) is 0 Å². The number of hydrogen-bond donors (Lipinski definition) is 3. The molecule has 7 rings (SSSR count). The summed E-state index contributed by atoms with van der Waals surface area (Å²) >= 11 is 6.27. The van der Waals surface area contributed by atoms with Gasteiger partial charge in [-0.3, -0.25) is 4.79 Å². The average Bonchev–Trinajstić information content (AvgIpc) is 2.96. The number of aromatic nitrogens is 2. The van der Waals surface area contributed by atoms with E-state index in [1.807, 2.05) is 38.4 Å². The highest BCUT2D eigenvalue weighted by Crippen LogP contribution is 2.60. The van der Waals surface area contributed by atoms with Crippen LogP contribution in [-0.4, -0.2) is 54.0 Å². The highest BCUT2D eigenvalue weighted by Gasteiger charge is 2.55. The van der Waals surface area contributed by atoms with Gasteiger partial charge in [0.25, 0.3) is 0 Å². The summed E-state index contributed by atoms with van der Waals surface area (Å²) in [7, 11) is 3.74. The summed E-state index contributed by atoms with van der Waals surface area (Å²) in [5.41, 5.74) is 1.15. The van der Waals surface area contributed by atoms with E-state index in [-0.39, 0.29) is 17.2 Å². The Morgan fingerprint density at radius 3 is 2.51 bits per heavy atom. The van der Waals surface area contributed by atoms with Crippen LogP contribution in [-0.2, 0) is 11.3 Å². The van der Waals surface area contributed by atoms with E-state index in [1.165, 1.54) is 38.3 Å². The summed E-state index contributed by atoms with van der Waals surface area (Å²) in [6.07, 6.45) is 11.8. The molecular weight excluding hydrogens is 539 g/mol. The largest absolute Gasteiger partial charge is 0.367 e. The van der Waals surface area contributed by atoms with Gasteiger partial charge in [0, 0.05) is 44.2 Å². The van der Waals surface area contributed by atoms with Crippen LogP contribution in [0.4, 0.5) is 16.2 Å². The summed E-state index contributed by atoms with van der Waals surface area (Å²) in [5, 5.41) is 11.3. The number of halogens is 2. The number of nitrogens with one attached hydrogen (secondary N) is 3. The first kappa shape index (κ1) is 28.7. The topological polar surface area (TPSA) is 82.2 Å². The van der Waals surface area contributed by atoms with Crippen molar-refractivity contribution in [3.8, 4) is 0 Å². The van der Waals surface area contributed by atoms with Gasteiger partial charge < -0.3 is 20.9 Å². The summed E-state index contributed by atoms with van der Waals surface area (Å²) in [6, 6.07) is 8.23. The Balaban J connectivity index is 1.02. The Morgan fingerprint density at radius 1 is 1.07 bits per heavy atom. The van der Waals surface area contributed by atoms with Crippen LogP contribution in [0.5, 0.6) is 0 Å². The van der Waals surface area contributed by atoms with Gasteiger partial charge in [0.2, 0.25) is 11.9 Å². The zero-order chi connectivity index (χ0) is 28.6. The molecule has 1 heterocycles. The standard InChI is InChI=1S/C32H44ClFN6O/c1-40(2)30(41)22-9-7-20(8-10-22)16-35-28-24-11-21-12-25(28)15-32(13-21,14-24)19-38-29-27(34)18-37-31(39-29)36-17-23-5-3-4-6-26(23)33/h3-6,18,20-22,24-25,28,35H,7-17,19H2,1-2H3,(H2,36,37,38,39)/t20?,21?,22?,24-,25+,28?,32?. The van der Waals surface area contributed by atoms with Crippen LogP contribution in [0, 0.1) is 40.8 Å². The number of nitrogens with zero attached hydrogens (tertiary/aromatic N) is 3. The number of benzene rings is 1. The molecule has 1 aromatic carbocycles. The Hall–Kier alpha value is -2.45. The lowest BCUT2D eigenvalue weighted by molar-refractivity contribution is -0.134. The molecule has 1 amide bonds. The van der Waals surface area contributed by atoms with Gasteiger partial charge in [0.05, 0.1) is 6.20 Å². The van der Waals surface area contributed by atoms with Crippen LogP contribution in [0.25, 0.3) is 0 Å². The van der Waals surface area contributed by atoms with Crippen LogP contribution in [0.1, 0.15) is 63.4 Å². The lowest BCUT2D eigenvalue weighted by Gasteiger charge is -2.60. The molecule has 0 saturated heterocycles. The minimum Gasteiger partial charge on any atom is -0.367 e. The predicted octanol–water partition coefficient (Wildman–Crippen LogP) is 5.97. The molecule has 0 spiro atoms. The van der Waals surface area contributed by atoms with Crippen molar-refractivity contribution in [2.24, 2.45) is 35.0 Å². The van der Waals surface area contributed by atoms with Crippen molar-refractivity contribution < 1.29 is 9.18 Å². The van der Waals surface area contributed by atoms with Crippen molar-refractivity contribution in [3.63, 3.8) is 0 Å². The SMILES string of the molecule is CN(C)C(=O)C1CCC(CNC2[C@@H]3CC4C[C@H]2CC(CNc2nc(NCc5ccccc5Cl)ncc2F)(C4)C3)CC1. The first-order valence-corrected chi connectivity index (χ1v) is 15.8. The molecule has 3 unspecified atom stereocenters. The van der Waals surface area contributed by atoms with E-state index in [0.29, 0.717) is 47.2 Å². The molecule has 2 aromatic rings. The van der Waals surface area contributed by atoms with Gasteiger partial charge in [0.1, 0.15) is 0 Å². The third kappa shape index (κ3) is 6.34. The summed E-state index contributed by atoms with van der Waals surface area (Å²) in [4.78, 5) is 22.7. The quantitative estimate of drug-likeness (QED) is 0.320. The van der Waals surface area contributed by atoms with E-state index in [9.17, 15) is 9.18 Å². The molecule has 3 N–H and O–H groups in total. The van der Waals surface area contributed by atoms with E-state index in [4.69, 9.17) is 11.6 Å². The molecule has 0 aliphatic heterocycles. The minimum atomic E-state index is -0.417. The highest BCUT2D eigenvalue weighted by molar-refractivity contribution is 6.31. The average molecular weight is 583 g/mol. The van der Waals surface area contributed by atoms with Gasteiger partial charge in [-0.15, -0.1) is 0 Å². The molecule has 41 heavy (non-hydrogen) atoms. The number of carbonyl (C=O) groups is 1. The smallest absolute Gasteiger partial charge is 0.225 e.